The van der Waals surface area contributed by atoms with Gasteiger partial charge >= 0.3 is 0 Å². The molecule has 0 amide bonds. The van der Waals surface area contributed by atoms with E-state index in [0.717, 1.165) is 37.7 Å². The highest BCUT2D eigenvalue weighted by molar-refractivity contribution is 7.90. The molecule has 6 nitrogen and oxygen atoms in total. The van der Waals surface area contributed by atoms with Gasteiger partial charge in [0, 0.05) is 6.54 Å². The van der Waals surface area contributed by atoms with Crippen LogP contribution >= 0.6 is 0 Å². The summed E-state index contributed by atoms with van der Waals surface area (Å²) in [6.45, 7) is 4.21. The van der Waals surface area contributed by atoms with Crippen LogP contribution in [0.1, 0.15) is 75.8 Å². The first-order valence-corrected chi connectivity index (χ1v) is 13.9. The third kappa shape index (κ3) is 7.35. The zero-order valence-corrected chi connectivity index (χ0v) is 19.5. The van der Waals surface area contributed by atoms with E-state index >= 15 is 0 Å². The summed E-state index contributed by atoms with van der Waals surface area (Å²) in [6.07, 6.45) is 8.09. The summed E-state index contributed by atoms with van der Waals surface area (Å²) >= 11 is 0. The van der Waals surface area contributed by atoms with E-state index in [0.29, 0.717) is 37.6 Å². The third-order valence-corrected chi connectivity index (χ3v) is 8.74. The summed E-state index contributed by atoms with van der Waals surface area (Å²) in [7, 11) is -6.70. The molecule has 8 heteroatoms. The lowest BCUT2D eigenvalue weighted by Crippen LogP contribution is -2.42. The maximum atomic E-state index is 12.1. The van der Waals surface area contributed by atoms with Crippen molar-refractivity contribution in [1.29, 1.82) is 0 Å². The minimum absolute atomic E-state index is 0.405. The zero-order chi connectivity index (χ0) is 21.7. The predicted molar refractivity (Wildman–Crippen MR) is 119 cm³/mol. The van der Waals surface area contributed by atoms with Crippen molar-refractivity contribution in [3.8, 4) is 0 Å². The van der Waals surface area contributed by atoms with Gasteiger partial charge in [-0.2, -0.15) is 0 Å². The van der Waals surface area contributed by atoms with Crippen LogP contribution in [0.4, 0.5) is 0 Å². The van der Waals surface area contributed by atoms with Crippen molar-refractivity contribution >= 4 is 20.0 Å². The summed E-state index contributed by atoms with van der Waals surface area (Å²) in [5.74, 6) is 0.906. The molecule has 1 saturated carbocycles. The number of primary sulfonamides is 1. The average molecular weight is 445 g/mol. The van der Waals surface area contributed by atoms with Crippen LogP contribution in [-0.2, 0) is 26.5 Å². The van der Waals surface area contributed by atoms with E-state index in [1.54, 1.807) is 6.92 Å². The second-order valence-corrected chi connectivity index (χ2v) is 12.7. The molecule has 1 unspecified atom stereocenters. The predicted octanol–water partition coefficient (Wildman–Crippen LogP) is 3.29. The molecular weight excluding hydrogens is 408 g/mol. The van der Waals surface area contributed by atoms with Crippen molar-refractivity contribution < 1.29 is 16.8 Å². The highest BCUT2D eigenvalue weighted by atomic mass is 32.2. The van der Waals surface area contributed by atoms with Gasteiger partial charge in [0.05, 0.1) is 11.0 Å². The molecule has 2 rings (SSSR count). The minimum atomic E-state index is -3.56. The molecule has 0 radical (unpaired) electrons. The largest absolute Gasteiger partial charge is 0.228 e. The minimum Gasteiger partial charge on any atom is -0.228 e. The molecule has 0 aliphatic heterocycles. The maximum absolute atomic E-state index is 12.1. The van der Waals surface area contributed by atoms with Crippen LogP contribution in [0.3, 0.4) is 0 Å². The summed E-state index contributed by atoms with van der Waals surface area (Å²) < 4.78 is 48.2. The average Bonchev–Trinajstić information content (AvgIpc) is 2.61. The molecule has 0 saturated heterocycles. The quantitative estimate of drug-likeness (QED) is 0.577. The van der Waals surface area contributed by atoms with Crippen molar-refractivity contribution in [2.75, 3.05) is 12.8 Å². The normalized spacial score (nSPS) is 22.9. The lowest BCUT2D eigenvalue weighted by molar-refractivity contribution is 0.277. The molecule has 0 aromatic heterocycles. The zero-order valence-electron chi connectivity index (χ0n) is 17.9. The Morgan fingerprint density at radius 2 is 1.66 bits per heavy atom. The number of hydrogen-bond donors (Lipinski definition) is 2. The number of nitrogens with one attached hydrogen (secondary N) is 1. The SMILES string of the molecule is CCCC(C)(CC1CCC(c2ccc(CCNS(C)(=O)=O)cc2)CC1)S(N)(=O)=O. The fraction of sp³-hybridized carbons (Fsp3) is 0.714. The fourth-order valence-electron chi connectivity index (χ4n) is 4.54. The van der Waals surface area contributed by atoms with Crippen molar-refractivity contribution in [2.24, 2.45) is 11.1 Å². The van der Waals surface area contributed by atoms with Gasteiger partial charge in [-0.3, -0.25) is 0 Å². The maximum Gasteiger partial charge on any atom is 0.214 e. The fourth-order valence-corrected chi connectivity index (χ4v) is 5.97. The van der Waals surface area contributed by atoms with E-state index in [-0.39, 0.29) is 0 Å². The van der Waals surface area contributed by atoms with Gasteiger partial charge in [0.2, 0.25) is 20.0 Å². The van der Waals surface area contributed by atoms with Gasteiger partial charge in [0.25, 0.3) is 0 Å². The Kier molecular flexibility index (Phi) is 8.30. The molecule has 1 aliphatic rings. The highest BCUT2D eigenvalue weighted by Crippen LogP contribution is 2.41. The smallest absolute Gasteiger partial charge is 0.214 e. The van der Waals surface area contributed by atoms with Crippen molar-refractivity contribution in [3.63, 3.8) is 0 Å². The Morgan fingerprint density at radius 3 is 2.14 bits per heavy atom. The van der Waals surface area contributed by atoms with Crippen LogP contribution < -0.4 is 9.86 Å². The lowest BCUT2D eigenvalue weighted by atomic mass is 9.75. The van der Waals surface area contributed by atoms with Gasteiger partial charge in [-0.25, -0.2) is 26.7 Å². The first-order chi connectivity index (χ1) is 13.4. The van der Waals surface area contributed by atoms with Crippen molar-refractivity contribution in [1.82, 2.24) is 4.72 Å². The molecule has 0 bridgehead atoms. The van der Waals surface area contributed by atoms with Gasteiger partial charge < -0.3 is 0 Å². The van der Waals surface area contributed by atoms with Crippen LogP contribution in [0.2, 0.25) is 0 Å². The van der Waals surface area contributed by atoms with Crippen LogP contribution in [0.25, 0.3) is 0 Å². The van der Waals surface area contributed by atoms with Crippen LogP contribution in [0.5, 0.6) is 0 Å². The molecule has 3 N–H and O–H groups in total. The highest BCUT2D eigenvalue weighted by Gasteiger charge is 2.38. The standard InChI is InChI=1S/C21H36N2O4S2/c1-4-14-21(2,29(22,26)27)16-18-7-11-20(12-8-18)19-9-5-17(6-10-19)13-15-23-28(3,24)25/h5-6,9-10,18,20,23H,4,7-8,11-16H2,1-3H3,(H2,22,26,27). The molecule has 1 aliphatic carbocycles. The number of nitrogens with two attached hydrogens (primary N) is 1. The Balaban J connectivity index is 1.89. The van der Waals surface area contributed by atoms with Crippen molar-refractivity contribution in [2.45, 2.75) is 75.9 Å². The van der Waals surface area contributed by atoms with Gasteiger partial charge in [-0.15, -0.1) is 0 Å². The molecule has 29 heavy (non-hydrogen) atoms. The van der Waals surface area contributed by atoms with Gasteiger partial charge in [0.1, 0.15) is 0 Å². The first-order valence-electron chi connectivity index (χ1n) is 10.5. The van der Waals surface area contributed by atoms with E-state index in [1.165, 1.54) is 11.8 Å². The van der Waals surface area contributed by atoms with E-state index in [9.17, 15) is 16.8 Å². The molecule has 1 aromatic rings. The second-order valence-electron chi connectivity index (χ2n) is 8.82. The van der Waals surface area contributed by atoms with Crippen LogP contribution in [0, 0.1) is 5.92 Å². The summed E-state index contributed by atoms with van der Waals surface area (Å²) in [4.78, 5) is 0. The Hall–Kier alpha value is -0.960. The Morgan fingerprint density at radius 1 is 1.07 bits per heavy atom. The van der Waals surface area contributed by atoms with Crippen LogP contribution in [0.15, 0.2) is 24.3 Å². The van der Waals surface area contributed by atoms with E-state index in [1.807, 2.05) is 6.92 Å². The topological polar surface area (TPSA) is 106 Å². The number of rotatable bonds is 10. The van der Waals surface area contributed by atoms with E-state index in [2.05, 4.69) is 29.0 Å². The summed E-state index contributed by atoms with van der Waals surface area (Å²) in [5, 5.41) is 5.54. The third-order valence-electron chi connectivity index (χ3n) is 6.26. The van der Waals surface area contributed by atoms with Gasteiger partial charge in [-0.05, 0) is 74.8 Å². The number of benzene rings is 1. The van der Waals surface area contributed by atoms with Crippen molar-refractivity contribution in [3.05, 3.63) is 35.4 Å². The number of hydrogen-bond acceptors (Lipinski definition) is 4. The lowest BCUT2D eigenvalue weighted by Gasteiger charge is -2.35. The van der Waals surface area contributed by atoms with Gasteiger partial charge in [0.15, 0.2) is 0 Å². The van der Waals surface area contributed by atoms with Crippen LogP contribution in [-0.4, -0.2) is 34.4 Å². The molecule has 0 heterocycles. The summed E-state index contributed by atoms with van der Waals surface area (Å²) in [6, 6.07) is 8.44. The van der Waals surface area contributed by atoms with E-state index in [4.69, 9.17) is 5.14 Å². The first kappa shape index (κ1) is 24.3. The molecule has 0 spiro atoms. The van der Waals surface area contributed by atoms with Gasteiger partial charge in [-0.1, -0.05) is 37.6 Å². The molecule has 1 fully saturated rings. The Bertz CT molecular complexity index is 858. The molecule has 166 valence electrons. The molecule has 1 aromatic carbocycles. The molecule has 1 atom stereocenters. The Labute approximate surface area is 176 Å². The number of sulfonamides is 2. The second kappa shape index (κ2) is 9.90. The van der Waals surface area contributed by atoms with E-state index < -0.39 is 24.8 Å². The monoisotopic (exact) mass is 444 g/mol. The molecular formula is C21H36N2O4S2. The summed E-state index contributed by atoms with van der Waals surface area (Å²) in [5.41, 5.74) is 2.42.